The highest BCUT2D eigenvalue weighted by molar-refractivity contribution is 5.72. The number of rotatable bonds is 14. The molecule has 0 bridgehead atoms. The van der Waals surface area contributed by atoms with Crippen LogP contribution >= 0.6 is 0 Å². The summed E-state index contributed by atoms with van der Waals surface area (Å²) in [7, 11) is 1.51. The molecule has 164 valence electrons. The molecule has 1 aliphatic carbocycles. The molecule has 0 amide bonds. The van der Waals surface area contributed by atoms with Crippen LogP contribution in [-0.2, 0) is 9.53 Å². The third kappa shape index (κ3) is 11.9. The average Bonchev–Trinajstić information content (AvgIpc) is 3.18. The molecule has 0 radical (unpaired) electrons. The van der Waals surface area contributed by atoms with Gasteiger partial charge in [0.05, 0.1) is 13.0 Å². The third-order valence-electron chi connectivity index (χ3n) is 6.02. The number of unbranched alkanes of at least 4 members (excludes halogenated alkanes) is 4. The van der Waals surface area contributed by atoms with Crippen molar-refractivity contribution in [2.45, 2.75) is 104 Å². The Labute approximate surface area is 180 Å². The van der Waals surface area contributed by atoms with Gasteiger partial charge in [-0.25, -0.2) is 0 Å². The normalized spacial score (nSPS) is 20.1. The van der Waals surface area contributed by atoms with Gasteiger partial charge in [-0.05, 0) is 50.9 Å². The minimum absolute atomic E-state index is 0.0333. The van der Waals surface area contributed by atoms with Crippen LogP contribution in [0.25, 0.3) is 0 Å². The lowest BCUT2D eigenvalue weighted by molar-refractivity contribution is -0.145. The summed E-state index contributed by atoms with van der Waals surface area (Å²) in [5, 5.41) is 0. The first-order valence-electron chi connectivity index (χ1n) is 12.1. The van der Waals surface area contributed by atoms with Crippen LogP contribution < -0.4 is 0 Å². The fraction of sp³-hybridized carbons (Fsp3) is 0.741. The molecule has 29 heavy (non-hydrogen) atoms. The van der Waals surface area contributed by atoms with Gasteiger partial charge < -0.3 is 4.74 Å². The van der Waals surface area contributed by atoms with E-state index in [0.29, 0.717) is 11.8 Å². The van der Waals surface area contributed by atoms with Crippen molar-refractivity contribution in [1.82, 2.24) is 0 Å². The van der Waals surface area contributed by atoms with Crippen LogP contribution in [-0.4, -0.2) is 13.1 Å². The number of esters is 1. The Balaban J connectivity index is 2.33. The van der Waals surface area contributed by atoms with Crippen LogP contribution in [0.4, 0.5) is 0 Å². The van der Waals surface area contributed by atoms with Crippen LogP contribution in [0, 0.1) is 29.6 Å². The standard InChI is InChI=1S/C27H44O2/c1-4-6-8-10-11-14-18-24-22-17-23-25(24)19-15-12-16-21-26(27(28)29-3)20-13-9-7-5-2/h8,10,12,15,24-26H,4-7,9,11,13,16-17,19-23H2,1-3H3/t24-,25-,26?/m0/s1. The molecule has 0 aromatic rings. The lowest BCUT2D eigenvalue weighted by Gasteiger charge is -2.14. The van der Waals surface area contributed by atoms with Gasteiger partial charge in [0.2, 0.25) is 0 Å². The van der Waals surface area contributed by atoms with Crippen LogP contribution in [0.15, 0.2) is 24.3 Å². The van der Waals surface area contributed by atoms with Gasteiger partial charge in [-0.15, -0.1) is 0 Å². The molecule has 0 N–H and O–H groups in total. The maximum atomic E-state index is 12.0. The second-order valence-corrected chi connectivity index (χ2v) is 8.44. The zero-order valence-electron chi connectivity index (χ0n) is 19.3. The van der Waals surface area contributed by atoms with E-state index in [9.17, 15) is 4.79 Å². The van der Waals surface area contributed by atoms with Crippen molar-refractivity contribution in [3.8, 4) is 11.8 Å². The summed E-state index contributed by atoms with van der Waals surface area (Å²) in [6.07, 6.45) is 25.0. The molecule has 0 saturated heterocycles. The summed E-state index contributed by atoms with van der Waals surface area (Å²) in [6.45, 7) is 4.42. The molecule has 2 nitrogen and oxygen atoms in total. The minimum atomic E-state index is -0.0333. The van der Waals surface area contributed by atoms with Gasteiger partial charge in [0, 0.05) is 12.3 Å². The van der Waals surface area contributed by atoms with Crippen molar-refractivity contribution in [2.75, 3.05) is 7.11 Å². The van der Waals surface area contributed by atoms with Gasteiger partial charge in [0.25, 0.3) is 0 Å². The van der Waals surface area contributed by atoms with E-state index in [-0.39, 0.29) is 11.9 Å². The van der Waals surface area contributed by atoms with Crippen LogP contribution in [0.5, 0.6) is 0 Å². The largest absolute Gasteiger partial charge is 0.469 e. The Bertz CT molecular complexity index is 534. The van der Waals surface area contributed by atoms with E-state index < -0.39 is 0 Å². The van der Waals surface area contributed by atoms with Crippen molar-refractivity contribution in [2.24, 2.45) is 17.8 Å². The molecule has 0 aromatic heterocycles. The van der Waals surface area contributed by atoms with Crippen molar-refractivity contribution in [1.29, 1.82) is 0 Å². The Morgan fingerprint density at radius 3 is 2.59 bits per heavy atom. The number of carbonyl (C=O) groups is 1. The molecule has 2 heteroatoms. The highest BCUT2D eigenvalue weighted by atomic mass is 16.5. The molecule has 0 spiro atoms. The van der Waals surface area contributed by atoms with Gasteiger partial charge in [-0.1, -0.05) is 88.5 Å². The Morgan fingerprint density at radius 2 is 1.83 bits per heavy atom. The number of methoxy groups -OCH3 is 1. The fourth-order valence-corrected chi connectivity index (χ4v) is 4.18. The van der Waals surface area contributed by atoms with Crippen molar-refractivity contribution in [3.63, 3.8) is 0 Å². The smallest absolute Gasteiger partial charge is 0.308 e. The van der Waals surface area contributed by atoms with Gasteiger partial charge in [-0.2, -0.15) is 0 Å². The summed E-state index contributed by atoms with van der Waals surface area (Å²) in [5.41, 5.74) is 0. The maximum Gasteiger partial charge on any atom is 0.308 e. The highest BCUT2D eigenvalue weighted by Gasteiger charge is 2.24. The summed E-state index contributed by atoms with van der Waals surface area (Å²) < 4.78 is 5.01. The van der Waals surface area contributed by atoms with E-state index in [2.05, 4.69) is 50.0 Å². The number of hydrogen-bond acceptors (Lipinski definition) is 2. The van der Waals surface area contributed by atoms with E-state index in [4.69, 9.17) is 4.74 Å². The third-order valence-corrected chi connectivity index (χ3v) is 6.02. The molecule has 3 atom stereocenters. The molecular formula is C27H44O2. The molecule has 1 unspecified atom stereocenters. The van der Waals surface area contributed by atoms with Gasteiger partial charge >= 0.3 is 5.97 Å². The molecule has 1 aliphatic rings. The average molecular weight is 401 g/mol. The van der Waals surface area contributed by atoms with Gasteiger partial charge in [0.15, 0.2) is 0 Å². The van der Waals surface area contributed by atoms with Crippen molar-refractivity contribution < 1.29 is 9.53 Å². The number of hydrogen-bond donors (Lipinski definition) is 0. The monoisotopic (exact) mass is 400 g/mol. The molecule has 1 fully saturated rings. The van der Waals surface area contributed by atoms with E-state index >= 15 is 0 Å². The predicted octanol–water partition coefficient (Wildman–Crippen LogP) is 7.64. The summed E-state index contributed by atoms with van der Waals surface area (Å²) in [5.74, 6) is 8.21. The summed E-state index contributed by atoms with van der Waals surface area (Å²) >= 11 is 0. The number of allylic oxidation sites excluding steroid dienone is 4. The van der Waals surface area contributed by atoms with E-state index in [1.165, 1.54) is 52.1 Å². The molecule has 0 aliphatic heterocycles. The van der Waals surface area contributed by atoms with Crippen molar-refractivity contribution in [3.05, 3.63) is 24.3 Å². The van der Waals surface area contributed by atoms with Gasteiger partial charge in [0.1, 0.15) is 0 Å². The highest BCUT2D eigenvalue weighted by Crippen LogP contribution is 2.34. The lowest BCUT2D eigenvalue weighted by atomic mass is 9.92. The maximum absolute atomic E-state index is 12.0. The second kappa shape index (κ2) is 17.4. The predicted molar refractivity (Wildman–Crippen MR) is 125 cm³/mol. The quantitative estimate of drug-likeness (QED) is 0.130. The molecular weight excluding hydrogens is 356 g/mol. The Morgan fingerprint density at radius 1 is 1.00 bits per heavy atom. The van der Waals surface area contributed by atoms with Crippen LogP contribution in [0.2, 0.25) is 0 Å². The molecule has 1 rings (SSSR count). The summed E-state index contributed by atoms with van der Waals surface area (Å²) in [4.78, 5) is 12.0. The van der Waals surface area contributed by atoms with Crippen LogP contribution in [0.3, 0.4) is 0 Å². The van der Waals surface area contributed by atoms with Crippen molar-refractivity contribution >= 4 is 5.97 Å². The van der Waals surface area contributed by atoms with E-state index in [1.807, 2.05) is 0 Å². The number of ether oxygens (including phenoxy) is 1. The fourth-order valence-electron chi connectivity index (χ4n) is 4.18. The molecule has 1 saturated carbocycles. The Kier molecular flexibility index (Phi) is 15.3. The molecule has 0 heterocycles. The topological polar surface area (TPSA) is 26.3 Å². The van der Waals surface area contributed by atoms with Gasteiger partial charge in [-0.3, -0.25) is 4.79 Å². The first-order chi connectivity index (χ1) is 14.2. The first kappa shape index (κ1) is 25.5. The van der Waals surface area contributed by atoms with E-state index in [0.717, 1.165) is 44.9 Å². The number of carbonyl (C=O) groups excluding carboxylic acids is 1. The minimum Gasteiger partial charge on any atom is -0.469 e. The second-order valence-electron chi connectivity index (χ2n) is 8.44. The zero-order chi connectivity index (χ0) is 21.2. The zero-order valence-corrected chi connectivity index (χ0v) is 19.3. The first-order valence-corrected chi connectivity index (χ1v) is 12.1. The Hall–Kier alpha value is -1.49. The van der Waals surface area contributed by atoms with Crippen LogP contribution in [0.1, 0.15) is 104 Å². The summed E-state index contributed by atoms with van der Waals surface area (Å²) in [6, 6.07) is 0. The van der Waals surface area contributed by atoms with E-state index in [1.54, 1.807) is 0 Å². The molecule has 0 aromatic carbocycles. The SMILES string of the molecule is CCCC=CCC#C[C@H]1CCC[C@@H]1CC=CCCC(CCCCCC)C(=O)OC. The lowest BCUT2D eigenvalue weighted by Crippen LogP contribution is -2.16.